The molecular formula is C14H21F2N3O3. The van der Waals surface area contributed by atoms with Crippen molar-refractivity contribution in [1.82, 2.24) is 10.2 Å². The molecule has 1 unspecified atom stereocenters. The Kier molecular flexibility index (Phi) is 5.00. The Labute approximate surface area is 128 Å². The molecule has 1 rings (SSSR count). The Morgan fingerprint density at radius 3 is 2.32 bits per heavy atom. The van der Waals surface area contributed by atoms with Gasteiger partial charge in [0.2, 0.25) is 5.91 Å². The molecule has 0 radical (unpaired) electrons. The van der Waals surface area contributed by atoms with Crippen LogP contribution in [0.4, 0.5) is 13.6 Å². The van der Waals surface area contributed by atoms with E-state index in [-0.39, 0.29) is 5.92 Å². The van der Waals surface area contributed by atoms with Crippen molar-refractivity contribution in [2.75, 3.05) is 6.54 Å². The number of halogens is 2. The highest BCUT2D eigenvalue weighted by atomic mass is 19.3. The van der Waals surface area contributed by atoms with E-state index in [9.17, 15) is 18.4 Å². The zero-order chi connectivity index (χ0) is 17.3. The quantitative estimate of drug-likeness (QED) is 0.862. The number of alkyl halides is 2. The number of ether oxygens (including phenoxy) is 1. The summed E-state index contributed by atoms with van der Waals surface area (Å²) >= 11 is 0. The molecule has 0 bridgehead atoms. The number of amides is 2. The van der Waals surface area contributed by atoms with Crippen LogP contribution in [0.3, 0.4) is 0 Å². The number of nitrogens with one attached hydrogen (secondary N) is 1. The highest BCUT2D eigenvalue weighted by Crippen LogP contribution is 2.35. The number of carbonyl (C=O) groups is 2. The topological polar surface area (TPSA) is 82.4 Å². The van der Waals surface area contributed by atoms with Crippen molar-refractivity contribution < 1.29 is 23.1 Å². The Balaban J connectivity index is 2.78. The van der Waals surface area contributed by atoms with Gasteiger partial charge in [0.15, 0.2) is 6.04 Å². The smallest absolute Gasteiger partial charge is 0.408 e. The van der Waals surface area contributed by atoms with Gasteiger partial charge in [-0.05, 0) is 26.7 Å². The van der Waals surface area contributed by atoms with E-state index < -0.39 is 42.2 Å². The lowest BCUT2D eigenvalue weighted by molar-refractivity contribution is -0.183. The van der Waals surface area contributed by atoms with Gasteiger partial charge in [-0.3, -0.25) is 4.79 Å². The van der Waals surface area contributed by atoms with Crippen LogP contribution in [0, 0.1) is 17.2 Å². The third kappa shape index (κ3) is 4.06. The van der Waals surface area contributed by atoms with Crippen LogP contribution in [0.2, 0.25) is 0 Å². The monoisotopic (exact) mass is 317 g/mol. The number of hydrogen-bond acceptors (Lipinski definition) is 4. The lowest BCUT2D eigenvalue weighted by atomic mass is 9.95. The molecule has 1 saturated heterocycles. The van der Waals surface area contributed by atoms with Crippen LogP contribution in [0.1, 0.15) is 34.6 Å². The zero-order valence-electron chi connectivity index (χ0n) is 13.3. The number of alkyl carbamates (subject to hydrolysis) is 1. The van der Waals surface area contributed by atoms with Crippen molar-refractivity contribution in [2.24, 2.45) is 5.92 Å². The molecule has 22 heavy (non-hydrogen) atoms. The molecule has 0 spiro atoms. The highest BCUT2D eigenvalue weighted by Gasteiger charge is 2.58. The van der Waals surface area contributed by atoms with Gasteiger partial charge < -0.3 is 15.0 Å². The van der Waals surface area contributed by atoms with Gasteiger partial charge in [-0.25, -0.2) is 13.6 Å². The van der Waals surface area contributed by atoms with Crippen LogP contribution >= 0.6 is 0 Å². The summed E-state index contributed by atoms with van der Waals surface area (Å²) in [7, 11) is 0. The molecule has 2 atom stereocenters. The Hall–Kier alpha value is -1.91. The van der Waals surface area contributed by atoms with Crippen molar-refractivity contribution in [2.45, 2.75) is 58.2 Å². The molecule has 8 heteroatoms. The SMILES string of the molecule is CC(C)[C@H](NC(=O)OC(C)(C)C)C(=O)N1CC(F)(F)C1C#N. The third-order valence-electron chi connectivity index (χ3n) is 3.10. The molecule has 0 aliphatic carbocycles. The maximum atomic E-state index is 13.2. The first-order chi connectivity index (χ1) is 9.89. The van der Waals surface area contributed by atoms with Crippen LogP contribution in [0.5, 0.6) is 0 Å². The first kappa shape index (κ1) is 18.1. The van der Waals surface area contributed by atoms with Crippen molar-refractivity contribution in [3.63, 3.8) is 0 Å². The summed E-state index contributed by atoms with van der Waals surface area (Å²) in [4.78, 5) is 24.8. The second kappa shape index (κ2) is 6.07. The fourth-order valence-electron chi connectivity index (χ4n) is 2.02. The van der Waals surface area contributed by atoms with Gasteiger partial charge in [0.25, 0.3) is 5.92 Å². The van der Waals surface area contributed by atoms with E-state index in [1.165, 1.54) is 6.07 Å². The third-order valence-corrected chi connectivity index (χ3v) is 3.10. The molecule has 0 aromatic heterocycles. The lowest BCUT2D eigenvalue weighted by Crippen LogP contribution is -2.69. The second-order valence-electron chi connectivity index (χ2n) is 6.63. The number of nitriles is 1. The van der Waals surface area contributed by atoms with E-state index in [1.807, 2.05) is 0 Å². The Bertz CT molecular complexity index is 495. The lowest BCUT2D eigenvalue weighted by Gasteiger charge is -2.45. The van der Waals surface area contributed by atoms with Gasteiger partial charge in [-0.2, -0.15) is 5.26 Å². The van der Waals surface area contributed by atoms with Crippen molar-refractivity contribution in [3.05, 3.63) is 0 Å². The average Bonchev–Trinajstić information content (AvgIpc) is 2.30. The van der Waals surface area contributed by atoms with Gasteiger partial charge in [0.1, 0.15) is 11.6 Å². The van der Waals surface area contributed by atoms with Crippen LogP contribution in [0.25, 0.3) is 0 Å². The second-order valence-corrected chi connectivity index (χ2v) is 6.63. The first-order valence-electron chi connectivity index (χ1n) is 6.96. The van der Waals surface area contributed by atoms with E-state index in [4.69, 9.17) is 10.00 Å². The number of likely N-dealkylation sites (tertiary alicyclic amines) is 1. The van der Waals surface area contributed by atoms with Crippen LogP contribution in [0.15, 0.2) is 0 Å². The molecule has 1 heterocycles. The fraction of sp³-hybridized carbons (Fsp3) is 0.786. The van der Waals surface area contributed by atoms with Crippen molar-refractivity contribution >= 4 is 12.0 Å². The molecule has 0 aromatic rings. The van der Waals surface area contributed by atoms with E-state index in [0.29, 0.717) is 0 Å². The maximum absolute atomic E-state index is 13.2. The minimum absolute atomic E-state index is 0.339. The number of rotatable bonds is 3. The van der Waals surface area contributed by atoms with Gasteiger partial charge in [0, 0.05) is 0 Å². The van der Waals surface area contributed by atoms with Gasteiger partial charge >= 0.3 is 6.09 Å². The maximum Gasteiger partial charge on any atom is 0.408 e. The van der Waals surface area contributed by atoms with Gasteiger partial charge in [-0.1, -0.05) is 13.8 Å². The zero-order valence-corrected chi connectivity index (χ0v) is 13.3. The molecule has 0 saturated carbocycles. The summed E-state index contributed by atoms with van der Waals surface area (Å²) in [5.41, 5.74) is -0.742. The number of nitrogens with zero attached hydrogens (tertiary/aromatic N) is 2. The summed E-state index contributed by atoms with van der Waals surface area (Å²) in [6.07, 6.45) is -0.805. The molecule has 1 aliphatic rings. The standard InChI is InChI=1S/C14H21F2N3O3/c1-8(2)10(18-12(21)22-13(3,4)5)11(20)19-7-14(15,16)9(19)6-17/h8-10H,7H2,1-5H3,(H,18,21)/t9?,10-/m0/s1. The average molecular weight is 317 g/mol. The summed E-state index contributed by atoms with van der Waals surface area (Å²) in [5.74, 6) is -4.26. The summed E-state index contributed by atoms with van der Waals surface area (Å²) in [6, 6.07) is -1.40. The summed E-state index contributed by atoms with van der Waals surface area (Å²) in [5, 5.41) is 11.1. The Morgan fingerprint density at radius 2 is 1.95 bits per heavy atom. The van der Waals surface area contributed by atoms with Gasteiger partial charge in [0.05, 0.1) is 12.6 Å². The minimum atomic E-state index is -3.21. The number of hydrogen-bond donors (Lipinski definition) is 1. The molecule has 124 valence electrons. The van der Waals surface area contributed by atoms with Gasteiger partial charge in [-0.15, -0.1) is 0 Å². The largest absolute Gasteiger partial charge is 0.444 e. The summed E-state index contributed by atoms with van der Waals surface area (Å²) in [6.45, 7) is 7.52. The highest BCUT2D eigenvalue weighted by molar-refractivity contribution is 5.87. The molecule has 1 N–H and O–H groups in total. The van der Waals surface area contributed by atoms with Crippen LogP contribution in [-0.4, -0.2) is 47.1 Å². The molecule has 1 fully saturated rings. The predicted octanol–water partition coefficient (Wildman–Crippen LogP) is 1.91. The fourth-order valence-corrected chi connectivity index (χ4v) is 2.02. The van der Waals surface area contributed by atoms with E-state index in [1.54, 1.807) is 34.6 Å². The van der Waals surface area contributed by atoms with E-state index >= 15 is 0 Å². The molecule has 1 aliphatic heterocycles. The van der Waals surface area contributed by atoms with E-state index in [2.05, 4.69) is 5.32 Å². The Morgan fingerprint density at radius 1 is 1.41 bits per heavy atom. The minimum Gasteiger partial charge on any atom is -0.444 e. The molecule has 0 aromatic carbocycles. The number of carbonyl (C=O) groups excluding carboxylic acids is 2. The molecule has 2 amide bonds. The first-order valence-corrected chi connectivity index (χ1v) is 6.96. The van der Waals surface area contributed by atoms with Crippen LogP contribution < -0.4 is 5.32 Å². The summed E-state index contributed by atoms with van der Waals surface area (Å²) < 4.78 is 31.5. The van der Waals surface area contributed by atoms with E-state index in [0.717, 1.165) is 4.90 Å². The normalized spacial score (nSPS) is 21.6. The molecule has 6 nitrogen and oxygen atoms in total. The van der Waals surface area contributed by atoms with Crippen molar-refractivity contribution in [1.29, 1.82) is 5.26 Å². The predicted molar refractivity (Wildman–Crippen MR) is 74.1 cm³/mol. The molecular weight excluding hydrogens is 296 g/mol. The van der Waals surface area contributed by atoms with Crippen LogP contribution in [-0.2, 0) is 9.53 Å². The van der Waals surface area contributed by atoms with Crippen molar-refractivity contribution in [3.8, 4) is 6.07 Å².